The summed E-state index contributed by atoms with van der Waals surface area (Å²) in [6.07, 6.45) is 2.99. The molecule has 0 aliphatic carbocycles. The molecule has 28 heavy (non-hydrogen) atoms. The van der Waals surface area contributed by atoms with Crippen LogP contribution < -0.4 is 10.2 Å². The highest BCUT2D eigenvalue weighted by Crippen LogP contribution is 2.36. The van der Waals surface area contributed by atoms with Crippen molar-refractivity contribution in [2.24, 2.45) is 7.05 Å². The smallest absolute Gasteiger partial charge is 0.325 e. The summed E-state index contributed by atoms with van der Waals surface area (Å²) >= 11 is 6.32. The first-order chi connectivity index (χ1) is 13.3. The number of halogens is 1. The van der Waals surface area contributed by atoms with Gasteiger partial charge in [0, 0.05) is 49.3 Å². The van der Waals surface area contributed by atoms with Crippen LogP contribution in [0.25, 0.3) is 10.9 Å². The highest BCUT2D eigenvalue weighted by atomic mass is 35.5. The summed E-state index contributed by atoms with van der Waals surface area (Å²) in [4.78, 5) is 30.9. The van der Waals surface area contributed by atoms with Crippen LogP contribution in [-0.2, 0) is 11.8 Å². The van der Waals surface area contributed by atoms with E-state index in [4.69, 9.17) is 11.6 Å². The van der Waals surface area contributed by atoms with E-state index in [1.165, 1.54) is 4.90 Å². The van der Waals surface area contributed by atoms with Crippen LogP contribution >= 0.6 is 11.6 Å². The molecular weight excluding hydrogens is 380 g/mol. The van der Waals surface area contributed by atoms with Gasteiger partial charge in [0.25, 0.3) is 5.91 Å². The Bertz CT molecular complexity index is 932. The first-order valence-corrected chi connectivity index (χ1v) is 9.83. The van der Waals surface area contributed by atoms with Gasteiger partial charge in [0.2, 0.25) is 0 Å². The fourth-order valence-electron chi connectivity index (χ4n) is 4.11. The molecule has 2 aromatic rings. The third-order valence-corrected chi connectivity index (χ3v) is 6.00. The number of nitrogens with one attached hydrogen (secondary N) is 1. The number of rotatable bonds is 4. The molecule has 0 saturated carbocycles. The van der Waals surface area contributed by atoms with Crippen LogP contribution in [0, 0.1) is 0 Å². The second-order valence-corrected chi connectivity index (χ2v) is 8.32. The minimum atomic E-state index is -0.785. The Kier molecular flexibility index (Phi) is 4.71. The molecule has 0 radical (unpaired) electrons. The lowest BCUT2D eigenvalue weighted by Gasteiger charge is -2.38. The number of anilines is 1. The number of aryl methyl sites for hydroxylation is 1. The van der Waals surface area contributed by atoms with Gasteiger partial charge in [0.05, 0.1) is 11.7 Å². The average molecular weight is 405 g/mol. The Morgan fingerprint density at radius 3 is 2.64 bits per heavy atom. The van der Waals surface area contributed by atoms with E-state index in [9.17, 15) is 9.59 Å². The van der Waals surface area contributed by atoms with Crippen LogP contribution in [0.1, 0.15) is 12.8 Å². The lowest BCUT2D eigenvalue weighted by molar-refractivity contribution is -0.132. The van der Waals surface area contributed by atoms with Crippen LogP contribution in [0.5, 0.6) is 0 Å². The van der Waals surface area contributed by atoms with Crippen LogP contribution in [0.4, 0.5) is 10.5 Å². The topological polar surface area (TPSA) is 73.7 Å². The lowest BCUT2D eigenvalue weighted by atomic mass is 9.87. The molecule has 8 nitrogen and oxygen atoms in total. The molecule has 2 saturated heterocycles. The molecule has 1 N–H and O–H groups in total. The predicted octanol–water partition coefficient (Wildman–Crippen LogP) is 1.68. The van der Waals surface area contributed by atoms with Crippen molar-refractivity contribution in [2.75, 3.05) is 45.2 Å². The summed E-state index contributed by atoms with van der Waals surface area (Å²) in [5.74, 6) is -0.100. The van der Waals surface area contributed by atoms with Crippen molar-refractivity contribution in [2.45, 2.75) is 18.4 Å². The second-order valence-electron chi connectivity index (χ2n) is 7.89. The molecule has 2 aliphatic heterocycles. The van der Waals surface area contributed by atoms with Gasteiger partial charge in [0.15, 0.2) is 0 Å². The van der Waals surface area contributed by atoms with Crippen molar-refractivity contribution in [3.8, 4) is 0 Å². The summed E-state index contributed by atoms with van der Waals surface area (Å²) in [6, 6.07) is 3.57. The number of piperidine rings is 1. The fraction of sp³-hybridized carbons (Fsp3) is 0.526. The van der Waals surface area contributed by atoms with Crippen molar-refractivity contribution >= 4 is 40.1 Å². The molecule has 4 rings (SSSR count). The monoisotopic (exact) mass is 404 g/mol. The van der Waals surface area contributed by atoms with Crippen molar-refractivity contribution in [3.05, 3.63) is 23.4 Å². The third-order valence-electron chi connectivity index (χ3n) is 5.78. The maximum Gasteiger partial charge on any atom is 0.325 e. The minimum Gasteiger partial charge on any atom is -0.371 e. The number of carbonyl (C=O) groups is 2. The van der Waals surface area contributed by atoms with E-state index in [0.29, 0.717) is 44.0 Å². The third kappa shape index (κ3) is 3.10. The Labute approximate surface area is 169 Å². The number of nitrogens with zero attached hydrogens (tertiary/aromatic N) is 5. The standard InChI is InChI=1S/C19H25ClN6O2/c1-23(2)8-9-26-17(27)19(22-18(26)28)4-6-25(7-5-19)16-11-13(20)10-15-14(16)12-21-24(15)3/h10-12H,4-9H2,1-3H3,(H,22,28). The largest absolute Gasteiger partial charge is 0.371 e. The molecule has 150 valence electrons. The van der Waals surface area contributed by atoms with Gasteiger partial charge in [0.1, 0.15) is 5.54 Å². The molecule has 3 heterocycles. The van der Waals surface area contributed by atoms with Gasteiger partial charge in [-0.3, -0.25) is 14.4 Å². The second kappa shape index (κ2) is 6.93. The zero-order chi connectivity index (χ0) is 20.1. The lowest BCUT2D eigenvalue weighted by Crippen LogP contribution is -2.55. The Morgan fingerprint density at radius 1 is 1.25 bits per heavy atom. The summed E-state index contributed by atoms with van der Waals surface area (Å²) < 4.78 is 1.81. The van der Waals surface area contributed by atoms with Gasteiger partial charge >= 0.3 is 6.03 Å². The maximum absolute atomic E-state index is 13.0. The SMILES string of the molecule is CN(C)CCN1C(=O)NC2(CCN(c3cc(Cl)cc4c3cnn4C)CC2)C1=O. The number of hydrogen-bond donors (Lipinski definition) is 1. The number of fused-ring (bicyclic) bond motifs is 1. The van der Waals surface area contributed by atoms with Gasteiger partial charge in [-0.2, -0.15) is 5.10 Å². The van der Waals surface area contributed by atoms with Crippen LogP contribution in [-0.4, -0.2) is 77.3 Å². The predicted molar refractivity (Wildman–Crippen MR) is 109 cm³/mol. The molecule has 9 heteroatoms. The van der Waals surface area contributed by atoms with E-state index >= 15 is 0 Å². The number of urea groups is 1. The molecule has 1 aromatic heterocycles. The minimum absolute atomic E-state index is 0.100. The quantitative estimate of drug-likeness (QED) is 0.785. The van der Waals surface area contributed by atoms with E-state index in [0.717, 1.165) is 16.6 Å². The van der Waals surface area contributed by atoms with Gasteiger partial charge in [-0.05, 0) is 39.1 Å². The number of imide groups is 1. The Hall–Kier alpha value is -2.32. The molecule has 1 spiro atoms. The molecule has 0 bridgehead atoms. The molecule has 2 fully saturated rings. The average Bonchev–Trinajstić information content (AvgIpc) is 3.12. The highest BCUT2D eigenvalue weighted by molar-refractivity contribution is 6.31. The summed E-state index contributed by atoms with van der Waals surface area (Å²) in [7, 11) is 5.75. The maximum atomic E-state index is 13.0. The number of amides is 3. The first kappa shape index (κ1) is 19.0. The number of carbonyl (C=O) groups excluding carboxylic acids is 2. The van der Waals surface area contributed by atoms with Crippen LogP contribution in [0.15, 0.2) is 18.3 Å². The first-order valence-electron chi connectivity index (χ1n) is 9.46. The molecule has 3 amide bonds. The zero-order valence-electron chi connectivity index (χ0n) is 16.4. The molecular formula is C19H25ClN6O2. The summed E-state index contributed by atoms with van der Waals surface area (Å²) in [5, 5.41) is 9.00. The van der Waals surface area contributed by atoms with Gasteiger partial charge < -0.3 is 15.1 Å². The van der Waals surface area contributed by atoms with Gasteiger partial charge in [-0.15, -0.1) is 0 Å². The van der Waals surface area contributed by atoms with Crippen LogP contribution in [0.3, 0.4) is 0 Å². The highest BCUT2D eigenvalue weighted by Gasteiger charge is 2.52. The van der Waals surface area contributed by atoms with E-state index in [2.05, 4.69) is 15.3 Å². The molecule has 0 atom stereocenters. The number of aromatic nitrogens is 2. The van der Waals surface area contributed by atoms with Gasteiger partial charge in [-0.25, -0.2) is 4.79 Å². The van der Waals surface area contributed by atoms with Crippen molar-refractivity contribution in [3.63, 3.8) is 0 Å². The zero-order valence-corrected chi connectivity index (χ0v) is 17.2. The molecule has 0 unspecified atom stereocenters. The number of benzene rings is 1. The van der Waals surface area contributed by atoms with Crippen molar-refractivity contribution in [1.82, 2.24) is 24.9 Å². The Morgan fingerprint density at radius 2 is 1.96 bits per heavy atom. The van der Waals surface area contributed by atoms with E-state index in [-0.39, 0.29) is 11.9 Å². The van der Waals surface area contributed by atoms with Crippen molar-refractivity contribution in [1.29, 1.82) is 0 Å². The number of hydrogen-bond acceptors (Lipinski definition) is 5. The number of likely N-dealkylation sites (N-methyl/N-ethyl adjacent to an activating group) is 1. The van der Waals surface area contributed by atoms with E-state index in [1.54, 1.807) is 4.68 Å². The Balaban J connectivity index is 1.53. The molecule has 1 aromatic carbocycles. The van der Waals surface area contributed by atoms with Crippen LogP contribution in [0.2, 0.25) is 5.02 Å². The summed E-state index contributed by atoms with van der Waals surface area (Å²) in [5.41, 5.74) is 1.21. The van der Waals surface area contributed by atoms with E-state index in [1.807, 2.05) is 44.4 Å². The molecule has 2 aliphatic rings. The van der Waals surface area contributed by atoms with Crippen molar-refractivity contribution < 1.29 is 9.59 Å². The normalized spacial score (nSPS) is 19.3. The fourth-order valence-corrected chi connectivity index (χ4v) is 4.31. The van der Waals surface area contributed by atoms with Gasteiger partial charge in [-0.1, -0.05) is 11.6 Å². The summed E-state index contributed by atoms with van der Waals surface area (Å²) in [6.45, 7) is 2.40. The van der Waals surface area contributed by atoms with E-state index < -0.39 is 5.54 Å².